The van der Waals surface area contributed by atoms with Crippen LogP contribution in [0.4, 0.5) is 0 Å². The normalized spacial score (nSPS) is 38.1. The Balaban J connectivity index is 2.25. The van der Waals surface area contributed by atoms with Crippen LogP contribution in [0.1, 0.15) is 73.1 Å². The molecule has 0 heterocycles. The maximum absolute atomic E-state index is 10.3. The molecule has 4 unspecified atom stereocenters. The van der Waals surface area contributed by atoms with E-state index < -0.39 is 5.60 Å². The van der Waals surface area contributed by atoms with Gasteiger partial charge in [-0.15, -0.1) is 6.58 Å². The Morgan fingerprint density at radius 3 is 2.71 bits per heavy atom. The van der Waals surface area contributed by atoms with Gasteiger partial charge in [-0.2, -0.15) is 0 Å². The van der Waals surface area contributed by atoms with Gasteiger partial charge in [-0.05, 0) is 61.7 Å². The molecule has 2 aliphatic rings. The molecule has 2 aliphatic carbocycles. The Bertz CT molecular complexity index is 429. The fourth-order valence-electron chi connectivity index (χ4n) is 4.58. The zero-order chi connectivity index (χ0) is 15.9. The lowest BCUT2D eigenvalue weighted by atomic mass is 9.51. The molecule has 0 saturated heterocycles. The van der Waals surface area contributed by atoms with Gasteiger partial charge in [-0.1, -0.05) is 51.8 Å². The van der Waals surface area contributed by atoms with Gasteiger partial charge in [-0.25, -0.2) is 0 Å². The lowest BCUT2D eigenvalue weighted by Crippen LogP contribution is -2.44. The summed E-state index contributed by atoms with van der Waals surface area (Å²) in [6.07, 6.45) is 11.3. The lowest BCUT2D eigenvalue weighted by Gasteiger charge is -2.53. The molecule has 2 rings (SSSR count). The van der Waals surface area contributed by atoms with Gasteiger partial charge >= 0.3 is 0 Å². The van der Waals surface area contributed by atoms with E-state index in [2.05, 4.69) is 40.3 Å². The third-order valence-corrected chi connectivity index (χ3v) is 6.67. The largest absolute Gasteiger partial charge is 0.386 e. The van der Waals surface area contributed by atoms with Crippen LogP contribution in [0, 0.1) is 22.7 Å². The number of rotatable bonds is 4. The average Bonchev–Trinajstić information content (AvgIpc) is 2.41. The van der Waals surface area contributed by atoms with Gasteiger partial charge in [0, 0.05) is 0 Å². The molecule has 21 heavy (non-hydrogen) atoms. The second-order valence-corrected chi connectivity index (χ2v) is 8.69. The Kier molecular flexibility index (Phi) is 4.46. The van der Waals surface area contributed by atoms with E-state index in [1.807, 2.05) is 6.92 Å². The Labute approximate surface area is 131 Å². The van der Waals surface area contributed by atoms with Gasteiger partial charge in [0.2, 0.25) is 0 Å². The fourth-order valence-corrected chi connectivity index (χ4v) is 4.58. The molecule has 0 aliphatic heterocycles. The van der Waals surface area contributed by atoms with Crippen molar-refractivity contribution in [3.8, 4) is 0 Å². The van der Waals surface area contributed by atoms with Gasteiger partial charge in [0.15, 0.2) is 0 Å². The zero-order valence-electron chi connectivity index (χ0n) is 14.7. The van der Waals surface area contributed by atoms with Crippen molar-refractivity contribution in [3.05, 3.63) is 24.3 Å². The summed E-state index contributed by atoms with van der Waals surface area (Å²) in [7, 11) is 0. The molecule has 1 fully saturated rings. The highest BCUT2D eigenvalue weighted by atomic mass is 16.3. The maximum atomic E-state index is 10.3. The van der Waals surface area contributed by atoms with Crippen molar-refractivity contribution >= 4 is 0 Å². The standard InChI is InChI=1S/C20H34O/c1-7-19(5,21)13-14-20(6)15(2)10-11-16-17(20)9-8-12-18(16,3)4/h7,11,15,17,21H,1,8-10,12-14H2,2-6H3. The number of aliphatic hydroxyl groups is 1. The number of allylic oxidation sites excluding steroid dienone is 2. The van der Waals surface area contributed by atoms with Gasteiger partial charge in [-0.3, -0.25) is 0 Å². The molecule has 1 N–H and O–H groups in total. The van der Waals surface area contributed by atoms with Crippen LogP contribution in [0.3, 0.4) is 0 Å². The van der Waals surface area contributed by atoms with Crippen LogP contribution in [0.2, 0.25) is 0 Å². The van der Waals surface area contributed by atoms with Gasteiger partial charge in [0.25, 0.3) is 0 Å². The van der Waals surface area contributed by atoms with Crippen LogP contribution < -0.4 is 0 Å². The van der Waals surface area contributed by atoms with Crippen LogP contribution in [-0.2, 0) is 0 Å². The monoisotopic (exact) mass is 290 g/mol. The molecule has 0 spiro atoms. The molecule has 0 bridgehead atoms. The summed E-state index contributed by atoms with van der Waals surface area (Å²) in [5, 5.41) is 10.3. The first kappa shape index (κ1) is 16.8. The van der Waals surface area contributed by atoms with Crippen LogP contribution >= 0.6 is 0 Å². The van der Waals surface area contributed by atoms with Crippen LogP contribution in [0.25, 0.3) is 0 Å². The molecule has 4 atom stereocenters. The van der Waals surface area contributed by atoms with E-state index in [9.17, 15) is 5.11 Å². The predicted molar refractivity (Wildman–Crippen MR) is 91.1 cm³/mol. The Morgan fingerprint density at radius 1 is 1.43 bits per heavy atom. The van der Waals surface area contributed by atoms with Gasteiger partial charge in [0.05, 0.1) is 5.60 Å². The van der Waals surface area contributed by atoms with Crippen molar-refractivity contribution < 1.29 is 5.11 Å². The van der Waals surface area contributed by atoms with E-state index >= 15 is 0 Å². The molecule has 0 aromatic heterocycles. The zero-order valence-corrected chi connectivity index (χ0v) is 14.7. The highest BCUT2D eigenvalue weighted by molar-refractivity contribution is 5.25. The highest BCUT2D eigenvalue weighted by Crippen LogP contribution is 2.58. The Morgan fingerprint density at radius 2 is 2.10 bits per heavy atom. The minimum absolute atomic E-state index is 0.314. The summed E-state index contributed by atoms with van der Waals surface area (Å²) in [4.78, 5) is 0. The summed E-state index contributed by atoms with van der Waals surface area (Å²) in [5.74, 6) is 1.39. The summed E-state index contributed by atoms with van der Waals surface area (Å²) >= 11 is 0. The summed E-state index contributed by atoms with van der Waals surface area (Å²) < 4.78 is 0. The Hall–Kier alpha value is -0.560. The maximum Gasteiger partial charge on any atom is 0.0797 e. The SMILES string of the molecule is C=CC(C)(O)CCC1(C)C(C)CC=C2C1CCCC2(C)C. The third kappa shape index (κ3) is 3.13. The number of fused-ring (bicyclic) bond motifs is 1. The molecule has 1 saturated carbocycles. The fraction of sp³-hybridized carbons (Fsp3) is 0.800. The second-order valence-electron chi connectivity index (χ2n) is 8.69. The molecule has 120 valence electrons. The van der Waals surface area contributed by atoms with Crippen LogP contribution in [0.15, 0.2) is 24.3 Å². The third-order valence-electron chi connectivity index (χ3n) is 6.67. The van der Waals surface area contributed by atoms with Crippen LogP contribution in [0.5, 0.6) is 0 Å². The number of hydrogen-bond donors (Lipinski definition) is 1. The van der Waals surface area contributed by atoms with Crippen molar-refractivity contribution in [2.75, 3.05) is 0 Å². The minimum Gasteiger partial charge on any atom is -0.386 e. The van der Waals surface area contributed by atoms with Crippen molar-refractivity contribution in [1.82, 2.24) is 0 Å². The predicted octanol–water partition coefficient (Wildman–Crippen LogP) is 5.50. The first-order valence-electron chi connectivity index (χ1n) is 8.69. The minimum atomic E-state index is -0.728. The molecule has 0 aromatic rings. The van der Waals surface area contributed by atoms with Crippen molar-refractivity contribution in [1.29, 1.82) is 0 Å². The van der Waals surface area contributed by atoms with E-state index in [0.29, 0.717) is 22.7 Å². The molecular weight excluding hydrogens is 256 g/mol. The van der Waals surface area contributed by atoms with Gasteiger partial charge in [0.1, 0.15) is 0 Å². The molecule has 1 nitrogen and oxygen atoms in total. The van der Waals surface area contributed by atoms with Gasteiger partial charge < -0.3 is 5.11 Å². The quantitative estimate of drug-likeness (QED) is 0.678. The van der Waals surface area contributed by atoms with E-state index in [-0.39, 0.29) is 0 Å². The molecular formula is C20H34O. The number of hydrogen-bond acceptors (Lipinski definition) is 1. The lowest BCUT2D eigenvalue weighted by molar-refractivity contribution is 0.0234. The van der Waals surface area contributed by atoms with E-state index in [0.717, 1.165) is 12.8 Å². The topological polar surface area (TPSA) is 20.2 Å². The second kappa shape index (κ2) is 5.57. The van der Waals surface area contributed by atoms with Crippen molar-refractivity contribution in [2.45, 2.75) is 78.7 Å². The molecule has 0 aromatic carbocycles. The summed E-state index contributed by atoms with van der Waals surface area (Å²) in [6, 6.07) is 0. The smallest absolute Gasteiger partial charge is 0.0797 e. The first-order chi connectivity index (χ1) is 9.62. The summed E-state index contributed by atoms with van der Waals surface area (Å²) in [5.41, 5.74) is 1.65. The van der Waals surface area contributed by atoms with Crippen LogP contribution in [-0.4, -0.2) is 10.7 Å². The molecule has 1 heteroatoms. The highest BCUT2D eigenvalue weighted by Gasteiger charge is 2.48. The molecule has 0 radical (unpaired) electrons. The van der Waals surface area contributed by atoms with E-state index in [1.54, 1.807) is 11.6 Å². The van der Waals surface area contributed by atoms with E-state index in [4.69, 9.17) is 0 Å². The van der Waals surface area contributed by atoms with Crippen molar-refractivity contribution in [3.63, 3.8) is 0 Å². The summed E-state index contributed by atoms with van der Waals surface area (Å²) in [6.45, 7) is 15.4. The first-order valence-corrected chi connectivity index (χ1v) is 8.69. The van der Waals surface area contributed by atoms with Crippen molar-refractivity contribution in [2.24, 2.45) is 22.7 Å². The molecule has 0 amide bonds. The van der Waals surface area contributed by atoms with E-state index in [1.165, 1.54) is 25.7 Å². The average molecular weight is 290 g/mol.